The van der Waals surface area contributed by atoms with Crippen molar-refractivity contribution in [2.75, 3.05) is 7.11 Å². The average Bonchev–Trinajstić information content (AvgIpc) is 2.46. The smallest absolute Gasteiger partial charge is 0.118 e. The van der Waals surface area contributed by atoms with Crippen LogP contribution in [-0.4, -0.2) is 7.11 Å². The predicted octanol–water partition coefficient (Wildman–Crippen LogP) is 4.96. The molecule has 0 amide bonds. The molecule has 0 aromatic heterocycles. The molecule has 106 valence electrons. The lowest BCUT2D eigenvalue weighted by Crippen LogP contribution is -2.18. The first-order valence-corrected chi connectivity index (χ1v) is 7.58. The molecule has 0 aliphatic rings. The Morgan fingerprint density at radius 2 is 1.90 bits per heavy atom. The molecular weight excluding hydrogens is 338 g/mol. The van der Waals surface area contributed by atoms with Crippen LogP contribution in [0, 0.1) is 0 Å². The second-order valence-corrected chi connectivity index (χ2v) is 5.93. The van der Waals surface area contributed by atoms with Gasteiger partial charge in [0.25, 0.3) is 0 Å². The van der Waals surface area contributed by atoms with Gasteiger partial charge in [0, 0.05) is 22.1 Å². The summed E-state index contributed by atoms with van der Waals surface area (Å²) in [5, 5.41) is 4.24. The SMILES string of the molecule is COc1ccc([C@H](C)NCc2ccc(Br)cc2Cl)cc1. The van der Waals surface area contributed by atoms with E-state index in [0.29, 0.717) is 0 Å². The van der Waals surface area contributed by atoms with Crippen LogP contribution in [0.3, 0.4) is 0 Å². The van der Waals surface area contributed by atoms with E-state index >= 15 is 0 Å². The number of benzene rings is 2. The summed E-state index contributed by atoms with van der Waals surface area (Å²) in [6.07, 6.45) is 0. The van der Waals surface area contributed by atoms with Gasteiger partial charge in [0.15, 0.2) is 0 Å². The summed E-state index contributed by atoms with van der Waals surface area (Å²) in [7, 11) is 1.67. The van der Waals surface area contributed by atoms with Crippen molar-refractivity contribution in [2.45, 2.75) is 19.5 Å². The van der Waals surface area contributed by atoms with Gasteiger partial charge in [0.1, 0.15) is 5.75 Å². The monoisotopic (exact) mass is 353 g/mol. The molecule has 2 aromatic carbocycles. The molecule has 0 aliphatic heterocycles. The maximum Gasteiger partial charge on any atom is 0.118 e. The molecule has 1 N–H and O–H groups in total. The largest absolute Gasteiger partial charge is 0.497 e. The Morgan fingerprint density at radius 3 is 2.50 bits per heavy atom. The zero-order valence-electron chi connectivity index (χ0n) is 11.5. The number of methoxy groups -OCH3 is 1. The zero-order valence-corrected chi connectivity index (χ0v) is 13.8. The summed E-state index contributed by atoms with van der Waals surface area (Å²) >= 11 is 9.62. The molecule has 1 atom stereocenters. The van der Waals surface area contributed by atoms with Gasteiger partial charge in [-0.3, -0.25) is 0 Å². The van der Waals surface area contributed by atoms with Gasteiger partial charge in [-0.2, -0.15) is 0 Å². The minimum atomic E-state index is 0.251. The molecule has 20 heavy (non-hydrogen) atoms. The molecule has 0 heterocycles. The summed E-state index contributed by atoms with van der Waals surface area (Å²) < 4.78 is 6.16. The third kappa shape index (κ3) is 3.98. The van der Waals surface area contributed by atoms with Crippen molar-refractivity contribution in [3.63, 3.8) is 0 Å². The highest BCUT2D eigenvalue weighted by atomic mass is 79.9. The number of hydrogen-bond acceptors (Lipinski definition) is 2. The van der Waals surface area contributed by atoms with Crippen LogP contribution >= 0.6 is 27.5 Å². The van der Waals surface area contributed by atoms with Gasteiger partial charge in [-0.1, -0.05) is 45.7 Å². The number of ether oxygens (including phenoxy) is 1. The molecule has 0 radical (unpaired) electrons. The Kier molecular flexibility index (Phi) is 5.46. The lowest BCUT2D eigenvalue weighted by molar-refractivity contribution is 0.414. The van der Waals surface area contributed by atoms with E-state index in [1.165, 1.54) is 5.56 Å². The topological polar surface area (TPSA) is 21.3 Å². The Hall–Kier alpha value is -1.03. The van der Waals surface area contributed by atoms with Crippen molar-refractivity contribution in [3.05, 3.63) is 63.1 Å². The predicted molar refractivity (Wildman–Crippen MR) is 87.4 cm³/mol. The number of hydrogen-bond donors (Lipinski definition) is 1. The van der Waals surface area contributed by atoms with E-state index in [2.05, 4.69) is 40.3 Å². The highest BCUT2D eigenvalue weighted by Gasteiger charge is 2.07. The fourth-order valence-electron chi connectivity index (χ4n) is 1.94. The van der Waals surface area contributed by atoms with E-state index in [0.717, 1.165) is 27.4 Å². The molecular formula is C16H17BrClNO. The summed E-state index contributed by atoms with van der Waals surface area (Å²) in [5.41, 5.74) is 2.31. The summed E-state index contributed by atoms with van der Waals surface area (Å²) in [4.78, 5) is 0. The van der Waals surface area contributed by atoms with Gasteiger partial charge in [-0.15, -0.1) is 0 Å². The van der Waals surface area contributed by atoms with Gasteiger partial charge in [-0.05, 0) is 42.3 Å². The van der Waals surface area contributed by atoms with Crippen LogP contribution in [0.4, 0.5) is 0 Å². The standard InChI is InChI=1S/C16H17BrClNO/c1-11(12-4-7-15(20-2)8-5-12)19-10-13-3-6-14(17)9-16(13)18/h3-9,11,19H,10H2,1-2H3/t11-/m0/s1. The van der Waals surface area contributed by atoms with Crippen molar-refractivity contribution in [1.82, 2.24) is 5.32 Å². The lowest BCUT2D eigenvalue weighted by Gasteiger charge is -2.15. The van der Waals surface area contributed by atoms with Gasteiger partial charge < -0.3 is 10.1 Å². The highest BCUT2D eigenvalue weighted by Crippen LogP contribution is 2.22. The number of rotatable bonds is 5. The Balaban J connectivity index is 1.98. The van der Waals surface area contributed by atoms with Crippen LogP contribution in [0.1, 0.15) is 24.1 Å². The van der Waals surface area contributed by atoms with Crippen LogP contribution in [0.25, 0.3) is 0 Å². The van der Waals surface area contributed by atoms with Crippen molar-refractivity contribution >= 4 is 27.5 Å². The molecule has 0 aliphatic carbocycles. The lowest BCUT2D eigenvalue weighted by atomic mass is 10.1. The fourth-order valence-corrected chi connectivity index (χ4v) is 2.68. The summed E-state index contributed by atoms with van der Waals surface area (Å²) in [6.45, 7) is 2.87. The molecule has 2 rings (SSSR count). The molecule has 4 heteroatoms. The first kappa shape index (κ1) is 15.4. The molecule has 2 nitrogen and oxygen atoms in total. The zero-order chi connectivity index (χ0) is 14.5. The van der Waals surface area contributed by atoms with Crippen LogP contribution < -0.4 is 10.1 Å². The first-order valence-electron chi connectivity index (χ1n) is 6.41. The van der Waals surface area contributed by atoms with Gasteiger partial charge in [-0.25, -0.2) is 0 Å². The van der Waals surface area contributed by atoms with Gasteiger partial charge in [0.2, 0.25) is 0 Å². The van der Waals surface area contributed by atoms with E-state index in [-0.39, 0.29) is 6.04 Å². The molecule has 0 unspecified atom stereocenters. The Labute approximate surface area is 133 Å². The van der Waals surface area contributed by atoms with Crippen LogP contribution in [-0.2, 0) is 6.54 Å². The van der Waals surface area contributed by atoms with Crippen molar-refractivity contribution in [3.8, 4) is 5.75 Å². The van der Waals surface area contributed by atoms with Crippen LogP contribution in [0.2, 0.25) is 5.02 Å². The van der Waals surface area contributed by atoms with E-state index in [4.69, 9.17) is 16.3 Å². The van der Waals surface area contributed by atoms with Crippen molar-refractivity contribution < 1.29 is 4.74 Å². The summed E-state index contributed by atoms with van der Waals surface area (Å²) in [5.74, 6) is 0.872. The van der Waals surface area contributed by atoms with Crippen molar-refractivity contribution in [2.24, 2.45) is 0 Å². The van der Waals surface area contributed by atoms with E-state index in [1.807, 2.05) is 30.3 Å². The first-order chi connectivity index (χ1) is 9.60. The number of halogens is 2. The Bertz CT molecular complexity index is 571. The second-order valence-electron chi connectivity index (χ2n) is 4.61. The highest BCUT2D eigenvalue weighted by molar-refractivity contribution is 9.10. The minimum Gasteiger partial charge on any atom is -0.497 e. The van der Waals surface area contributed by atoms with Crippen molar-refractivity contribution in [1.29, 1.82) is 0 Å². The molecule has 0 saturated heterocycles. The fraction of sp³-hybridized carbons (Fsp3) is 0.250. The van der Waals surface area contributed by atoms with Gasteiger partial charge >= 0.3 is 0 Å². The second kappa shape index (κ2) is 7.11. The maximum atomic E-state index is 6.21. The molecule has 0 spiro atoms. The Morgan fingerprint density at radius 1 is 1.20 bits per heavy atom. The number of nitrogens with one attached hydrogen (secondary N) is 1. The maximum absolute atomic E-state index is 6.21. The molecule has 2 aromatic rings. The van der Waals surface area contributed by atoms with E-state index in [1.54, 1.807) is 7.11 Å². The van der Waals surface area contributed by atoms with E-state index in [9.17, 15) is 0 Å². The third-order valence-corrected chi connectivity index (χ3v) is 4.07. The average molecular weight is 355 g/mol. The van der Waals surface area contributed by atoms with Crippen LogP contribution in [0.5, 0.6) is 5.75 Å². The molecule has 0 fully saturated rings. The normalized spacial score (nSPS) is 12.2. The quantitative estimate of drug-likeness (QED) is 0.819. The van der Waals surface area contributed by atoms with Crippen LogP contribution in [0.15, 0.2) is 46.9 Å². The van der Waals surface area contributed by atoms with Gasteiger partial charge in [0.05, 0.1) is 7.11 Å². The molecule has 0 bridgehead atoms. The summed E-state index contributed by atoms with van der Waals surface area (Å²) in [6, 6.07) is 14.3. The molecule has 0 saturated carbocycles. The van der Waals surface area contributed by atoms with E-state index < -0.39 is 0 Å². The third-order valence-electron chi connectivity index (χ3n) is 3.23. The minimum absolute atomic E-state index is 0.251.